The summed E-state index contributed by atoms with van der Waals surface area (Å²) in [6.07, 6.45) is 0.805. The molecule has 5 rings (SSSR count). The summed E-state index contributed by atoms with van der Waals surface area (Å²) in [5.41, 5.74) is 4.58. The predicted molar refractivity (Wildman–Crippen MR) is 138 cm³/mol. The first-order valence-electron chi connectivity index (χ1n) is 11.5. The number of methoxy groups -OCH3 is 1. The van der Waals surface area contributed by atoms with E-state index in [0.717, 1.165) is 22.4 Å². The van der Waals surface area contributed by atoms with Crippen LogP contribution in [0.15, 0.2) is 77.5 Å². The van der Waals surface area contributed by atoms with Crippen LogP contribution in [0.1, 0.15) is 27.0 Å². The van der Waals surface area contributed by atoms with Gasteiger partial charge < -0.3 is 15.0 Å². The van der Waals surface area contributed by atoms with Crippen LogP contribution in [0, 0.1) is 6.92 Å². The van der Waals surface area contributed by atoms with E-state index < -0.39 is 11.8 Å². The third kappa shape index (κ3) is 4.22. The Hall–Kier alpha value is -4.10. The van der Waals surface area contributed by atoms with E-state index in [4.69, 9.17) is 16.3 Å². The van der Waals surface area contributed by atoms with E-state index in [2.05, 4.69) is 11.4 Å². The molecule has 7 nitrogen and oxygen atoms in total. The molecule has 3 amide bonds. The maximum Gasteiger partial charge on any atom is 0.283 e. The number of nitrogens with one attached hydrogen (secondary N) is 1. The van der Waals surface area contributed by atoms with Gasteiger partial charge in [0, 0.05) is 24.3 Å². The van der Waals surface area contributed by atoms with Gasteiger partial charge in [-0.25, -0.2) is 4.90 Å². The fraction of sp³-hybridized carbons (Fsp3) is 0.179. The normalized spacial score (nSPS) is 15.3. The molecule has 0 radical (unpaired) electrons. The number of carbonyl (C=O) groups excluding carboxylic acids is 3. The average Bonchev–Trinajstić information content (AvgIpc) is 3.12. The molecule has 8 heteroatoms. The number of ether oxygens (including phenoxy) is 1. The van der Waals surface area contributed by atoms with E-state index in [9.17, 15) is 14.4 Å². The summed E-state index contributed by atoms with van der Waals surface area (Å²) >= 11 is 6.31. The van der Waals surface area contributed by atoms with Crippen molar-refractivity contribution in [1.29, 1.82) is 0 Å². The summed E-state index contributed by atoms with van der Waals surface area (Å²) in [7, 11) is 1.53. The van der Waals surface area contributed by atoms with Crippen LogP contribution in [0.25, 0.3) is 0 Å². The number of nitrogens with zero attached hydrogens (tertiary/aromatic N) is 2. The van der Waals surface area contributed by atoms with Crippen LogP contribution in [0.2, 0.25) is 0 Å². The van der Waals surface area contributed by atoms with Crippen molar-refractivity contribution in [1.82, 2.24) is 4.90 Å². The number of amides is 3. The Morgan fingerprint density at radius 1 is 0.972 bits per heavy atom. The SMILES string of the molecule is COc1ccc(N2C(=O)C(Cl)=C(Nc3cc(C(=O)N4CCc5ccccc5C4)ccc3C)C2=O)cc1. The Bertz CT molecular complexity index is 1410. The van der Waals surface area contributed by atoms with E-state index in [0.29, 0.717) is 35.8 Å². The van der Waals surface area contributed by atoms with Crippen molar-refractivity contribution in [3.63, 3.8) is 0 Å². The molecule has 0 saturated carbocycles. The second-order valence-electron chi connectivity index (χ2n) is 8.73. The van der Waals surface area contributed by atoms with Crippen LogP contribution in [-0.2, 0) is 22.6 Å². The molecule has 2 heterocycles. The maximum absolute atomic E-state index is 13.3. The molecule has 0 bridgehead atoms. The summed E-state index contributed by atoms with van der Waals surface area (Å²) in [5, 5.41) is 2.81. The lowest BCUT2D eigenvalue weighted by atomic mass is 9.99. The molecule has 182 valence electrons. The molecular weight excluding hydrogens is 478 g/mol. The largest absolute Gasteiger partial charge is 0.497 e. The monoisotopic (exact) mass is 501 g/mol. The van der Waals surface area contributed by atoms with Gasteiger partial charge in [-0.15, -0.1) is 0 Å². The fourth-order valence-electron chi connectivity index (χ4n) is 4.45. The van der Waals surface area contributed by atoms with E-state index >= 15 is 0 Å². The van der Waals surface area contributed by atoms with Crippen molar-refractivity contribution in [3.05, 3.63) is 99.7 Å². The van der Waals surface area contributed by atoms with Gasteiger partial charge in [-0.3, -0.25) is 14.4 Å². The summed E-state index contributed by atoms with van der Waals surface area (Å²) in [4.78, 5) is 42.1. The van der Waals surface area contributed by atoms with Crippen LogP contribution >= 0.6 is 11.6 Å². The molecule has 0 fully saturated rings. The van der Waals surface area contributed by atoms with Crippen LogP contribution in [0.5, 0.6) is 5.75 Å². The standard InChI is InChI=1S/C28H24ClN3O4/c1-17-7-8-19(26(33)31-14-13-18-5-3-4-6-20(18)16-31)15-23(17)30-25-24(29)27(34)32(28(25)35)21-9-11-22(36-2)12-10-21/h3-12,15,30H,13-14,16H2,1-2H3. The van der Waals surface area contributed by atoms with Crippen LogP contribution in [0.3, 0.4) is 0 Å². The quantitative estimate of drug-likeness (QED) is 0.515. The summed E-state index contributed by atoms with van der Waals surface area (Å²) < 4.78 is 5.14. The van der Waals surface area contributed by atoms with Crippen LogP contribution in [-0.4, -0.2) is 36.3 Å². The minimum absolute atomic E-state index is 0.0305. The first-order valence-corrected chi connectivity index (χ1v) is 11.9. The van der Waals surface area contributed by atoms with Gasteiger partial charge in [0.2, 0.25) is 0 Å². The van der Waals surface area contributed by atoms with E-state index in [1.165, 1.54) is 12.7 Å². The Morgan fingerprint density at radius 3 is 2.42 bits per heavy atom. The molecule has 0 unspecified atom stereocenters. The predicted octanol–water partition coefficient (Wildman–Crippen LogP) is 4.64. The van der Waals surface area contributed by atoms with Crippen LogP contribution in [0.4, 0.5) is 11.4 Å². The molecular formula is C28H24ClN3O4. The van der Waals surface area contributed by atoms with Gasteiger partial charge in [-0.2, -0.15) is 0 Å². The maximum atomic E-state index is 13.3. The molecule has 1 N–H and O–H groups in total. The zero-order valence-electron chi connectivity index (χ0n) is 19.9. The van der Waals surface area contributed by atoms with E-state index in [-0.39, 0.29) is 16.6 Å². The average molecular weight is 502 g/mol. The number of imide groups is 1. The van der Waals surface area contributed by atoms with E-state index in [1.54, 1.807) is 36.4 Å². The van der Waals surface area contributed by atoms with E-state index in [1.807, 2.05) is 36.1 Å². The summed E-state index contributed by atoms with van der Waals surface area (Å²) in [6, 6.07) is 20.0. The molecule has 3 aromatic carbocycles. The molecule has 36 heavy (non-hydrogen) atoms. The third-order valence-electron chi connectivity index (χ3n) is 6.52. The zero-order valence-corrected chi connectivity index (χ0v) is 20.6. The van der Waals surface area contributed by atoms with Crippen LogP contribution < -0.4 is 15.0 Å². The van der Waals surface area contributed by atoms with Gasteiger partial charge in [0.05, 0.1) is 12.8 Å². The van der Waals surface area contributed by atoms with Crippen molar-refractivity contribution in [2.24, 2.45) is 0 Å². The minimum Gasteiger partial charge on any atom is -0.497 e. The molecule has 3 aromatic rings. The number of anilines is 2. The van der Waals surface area contributed by atoms with Gasteiger partial charge in [-0.05, 0) is 66.4 Å². The lowest BCUT2D eigenvalue weighted by molar-refractivity contribution is -0.120. The van der Waals surface area contributed by atoms with Gasteiger partial charge in [0.15, 0.2) is 0 Å². The molecule has 0 aliphatic carbocycles. The second-order valence-corrected chi connectivity index (χ2v) is 9.11. The number of hydrogen-bond donors (Lipinski definition) is 1. The number of carbonyl (C=O) groups is 3. The highest BCUT2D eigenvalue weighted by atomic mass is 35.5. The van der Waals surface area contributed by atoms with Crippen molar-refractivity contribution in [3.8, 4) is 5.75 Å². The van der Waals surface area contributed by atoms with Crippen molar-refractivity contribution in [2.45, 2.75) is 19.9 Å². The lowest BCUT2D eigenvalue weighted by Gasteiger charge is -2.29. The Balaban J connectivity index is 1.37. The fourth-order valence-corrected chi connectivity index (χ4v) is 4.67. The van der Waals surface area contributed by atoms with Gasteiger partial charge in [0.1, 0.15) is 16.5 Å². The summed E-state index contributed by atoms with van der Waals surface area (Å²) in [6.45, 7) is 3.03. The molecule has 2 aliphatic rings. The molecule has 0 saturated heterocycles. The second kappa shape index (κ2) is 9.51. The first kappa shape index (κ1) is 23.6. The zero-order chi connectivity index (χ0) is 25.4. The Kier molecular flexibility index (Phi) is 6.24. The van der Waals surface area contributed by atoms with Crippen molar-refractivity contribution >= 4 is 40.7 Å². The number of rotatable bonds is 5. The highest BCUT2D eigenvalue weighted by Crippen LogP contribution is 2.32. The highest BCUT2D eigenvalue weighted by molar-refractivity contribution is 6.53. The number of benzene rings is 3. The van der Waals surface area contributed by atoms with Crippen molar-refractivity contribution in [2.75, 3.05) is 23.9 Å². The molecule has 0 atom stereocenters. The number of fused-ring (bicyclic) bond motifs is 1. The highest BCUT2D eigenvalue weighted by Gasteiger charge is 2.39. The van der Waals surface area contributed by atoms with Gasteiger partial charge in [-0.1, -0.05) is 41.9 Å². The lowest BCUT2D eigenvalue weighted by Crippen LogP contribution is -2.36. The first-order chi connectivity index (χ1) is 17.4. The Labute approximate surface area is 213 Å². The molecule has 0 spiro atoms. The molecule has 0 aromatic heterocycles. The Morgan fingerprint density at radius 2 is 1.69 bits per heavy atom. The third-order valence-corrected chi connectivity index (χ3v) is 6.87. The number of hydrogen-bond acceptors (Lipinski definition) is 5. The smallest absolute Gasteiger partial charge is 0.283 e. The molecule has 2 aliphatic heterocycles. The van der Waals surface area contributed by atoms with Crippen molar-refractivity contribution < 1.29 is 19.1 Å². The minimum atomic E-state index is -0.619. The van der Waals surface area contributed by atoms with Gasteiger partial charge >= 0.3 is 0 Å². The number of halogens is 1. The topological polar surface area (TPSA) is 79.0 Å². The number of aryl methyl sites for hydroxylation is 1. The van der Waals surface area contributed by atoms with Gasteiger partial charge in [0.25, 0.3) is 17.7 Å². The summed E-state index contributed by atoms with van der Waals surface area (Å²) in [5.74, 6) is -0.684.